The van der Waals surface area contributed by atoms with Gasteiger partial charge in [-0.25, -0.2) is 4.79 Å². The van der Waals surface area contributed by atoms with Crippen LogP contribution in [-0.4, -0.2) is 11.7 Å². The fourth-order valence-electron chi connectivity index (χ4n) is 1.79. The highest BCUT2D eigenvalue weighted by atomic mass is 79.9. The minimum absolute atomic E-state index is 0.511. The molecule has 0 bridgehead atoms. The number of halogens is 1. The topological polar surface area (TPSA) is 73.6 Å². The lowest BCUT2D eigenvalue weighted by Crippen LogP contribution is -2.27. The predicted molar refractivity (Wildman–Crippen MR) is 94.9 cm³/mol. The number of ether oxygens (including phenoxy) is 2. The summed E-state index contributed by atoms with van der Waals surface area (Å²) in [6.07, 6.45) is -0.511. The van der Waals surface area contributed by atoms with Crippen molar-refractivity contribution in [2.24, 2.45) is 0 Å². The van der Waals surface area contributed by atoms with E-state index in [1.54, 1.807) is 42.5 Å². The fraction of sp³-hybridized carbons (Fsp3) is 0.235. The first-order chi connectivity index (χ1) is 10.7. The first-order valence-electron chi connectivity index (χ1n) is 7.06. The van der Waals surface area contributed by atoms with Crippen LogP contribution in [0.15, 0.2) is 46.9 Å². The lowest BCUT2D eigenvalue weighted by atomic mass is 10.2. The highest BCUT2D eigenvalue weighted by Crippen LogP contribution is 2.32. The van der Waals surface area contributed by atoms with Crippen molar-refractivity contribution in [1.82, 2.24) is 0 Å². The molecule has 0 spiro atoms. The van der Waals surface area contributed by atoms with E-state index in [1.807, 2.05) is 20.8 Å². The van der Waals surface area contributed by atoms with Crippen molar-refractivity contribution < 1.29 is 14.3 Å². The maximum absolute atomic E-state index is 11.8. The number of nitrogens with one attached hydrogen (secondary N) is 1. The van der Waals surface area contributed by atoms with E-state index >= 15 is 0 Å². The van der Waals surface area contributed by atoms with Gasteiger partial charge in [-0.15, -0.1) is 0 Å². The van der Waals surface area contributed by atoms with Gasteiger partial charge in [0.2, 0.25) is 0 Å². The van der Waals surface area contributed by atoms with Crippen LogP contribution in [0.25, 0.3) is 0 Å². The average molecular weight is 379 g/mol. The van der Waals surface area contributed by atoms with Crippen molar-refractivity contribution in [3.05, 3.63) is 46.9 Å². The van der Waals surface area contributed by atoms with Crippen molar-refractivity contribution in [1.29, 1.82) is 0 Å². The third-order valence-corrected chi connectivity index (χ3v) is 3.28. The number of rotatable bonds is 3. The number of hydrogen-bond acceptors (Lipinski definition) is 4. The van der Waals surface area contributed by atoms with Crippen LogP contribution in [0.1, 0.15) is 20.8 Å². The van der Waals surface area contributed by atoms with Gasteiger partial charge in [0.1, 0.15) is 17.1 Å². The molecule has 6 heteroatoms. The first-order valence-corrected chi connectivity index (χ1v) is 7.85. The summed E-state index contributed by atoms with van der Waals surface area (Å²) in [6.45, 7) is 5.43. The number of carbonyl (C=O) groups excluding carboxylic acids is 1. The van der Waals surface area contributed by atoms with Gasteiger partial charge in [0.15, 0.2) is 0 Å². The standard InChI is InChI=1S/C17H19BrN2O3/c1-17(2,3)23-16(21)20-12-5-4-6-13(10-12)22-15-8-7-11(19)9-14(15)18/h4-10H,19H2,1-3H3,(H,20,21). The minimum Gasteiger partial charge on any atom is -0.456 e. The summed E-state index contributed by atoms with van der Waals surface area (Å²) in [5, 5.41) is 2.68. The summed E-state index contributed by atoms with van der Waals surface area (Å²) >= 11 is 3.40. The van der Waals surface area contributed by atoms with Crippen molar-refractivity contribution in [3.63, 3.8) is 0 Å². The van der Waals surface area contributed by atoms with E-state index in [-0.39, 0.29) is 0 Å². The third-order valence-electron chi connectivity index (χ3n) is 2.66. The zero-order valence-electron chi connectivity index (χ0n) is 13.2. The Hall–Kier alpha value is -2.21. The van der Waals surface area contributed by atoms with Crippen molar-refractivity contribution in [2.75, 3.05) is 11.1 Å². The molecule has 0 unspecified atom stereocenters. The second-order valence-corrected chi connectivity index (χ2v) is 6.80. The average Bonchev–Trinajstić information content (AvgIpc) is 2.40. The summed E-state index contributed by atoms with van der Waals surface area (Å²) in [5.74, 6) is 1.22. The van der Waals surface area contributed by atoms with Gasteiger partial charge in [0.05, 0.1) is 4.47 Å². The van der Waals surface area contributed by atoms with Crippen LogP contribution in [0.2, 0.25) is 0 Å². The molecule has 3 N–H and O–H groups in total. The van der Waals surface area contributed by atoms with Crippen LogP contribution in [0.3, 0.4) is 0 Å². The highest BCUT2D eigenvalue weighted by molar-refractivity contribution is 9.10. The second-order valence-electron chi connectivity index (χ2n) is 5.95. The summed E-state index contributed by atoms with van der Waals surface area (Å²) in [7, 11) is 0. The molecule has 23 heavy (non-hydrogen) atoms. The summed E-state index contributed by atoms with van der Waals surface area (Å²) < 4.78 is 11.8. The Bertz CT molecular complexity index is 711. The normalized spacial score (nSPS) is 11.0. The molecule has 0 aliphatic rings. The van der Waals surface area contributed by atoms with Gasteiger partial charge in [0, 0.05) is 17.4 Å². The minimum atomic E-state index is -0.549. The fourth-order valence-corrected chi connectivity index (χ4v) is 2.26. The van der Waals surface area contributed by atoms with Gasteiger partial charge in [0.25, 0.3) is 0 Å². The van der Waals surface area contributed by atoms with Crippen LogP contribution in [0.5, 0.6) is 11.5 Å². The zero-order valence-corrected chi connectivity index (χ0v) is 14.8. The molecule has 2 aromatic carbocycles. The van der Waals surface area contributed by atoms with Crippen LogP contribution < -0.4 is 15.8 Å². The summed E-state index contributed by atoms with van der Waals surface area (Å²) in [6, 6.07) is 12.3. The van der Waals surface area contributed by atoms with Gasteiger partial charge < -0.3 is 15.2 Å². The van der Waals surface area contributed by atoms with Crippen LogP contribution in [0, 0.1) is 0 Å². The third kappa shape index (κ3) is 5.49. The highest BCUT2D eigenvalue weighted by Gasteiger charge is 2.16. The summed E-state index contributed by atoms with van der Waals surface area (Å²) in [4.78, 5) is 11.8. The number of anilines is 2. The lowest BCUT2D eigenvalue weighted by molar-refractivity contribution is 0.0636. The van der Waals surface area contributed by atoms with Crippen molar-refractivity contribution >= 4 is 33.4 Å². The largest absolute Gasteiger partial charge is 0.456 e. The second kappa shape index (κ2) is 6.91. The monoisotopic (exact) mass is 378 g/mol. The maximum Gasteiger partial charge on any atom is 0.412 e. The van der Waals surface area contributed by atoms with Crippen molar-refractivity contribution in [2.45, 2.75) is 26.4 Å². The molecule has 2 rings (SSSR count). The molecule has 0 fully saturated rings. The molecule has 0 aliphatic carbocycles. The number of benzene rings is 2. The molecule has 122 valence electrons. The quantitative estimate of drug-likeness (QED) is 0.722. The van der Waals surface area contributed by atoms with Gasteiger partial charge >= 0.3 is 6.09 Å². The number of carbonyl (C=O) groups is 1. The van der Waals surface area contributed by atoms with Crippen molar-refractivity contribution in [3.8, 4) is 11.5 Å². The molecule has 0 radical (unpaired) electrons. The van der Waals surface area contributed by atoms with E-state index in [0.29, 0.717) is 22.9 Å². The molecule has 0 aliphatic heterocycles. The van der Waals surface area contributed by atoms with E-state index in [0.717, 1.165) is 4.47 Å². The number of hydrogen-bond donors (Lipinski definition) is 2. The number of nitrogen functional groups attached to an aromatic ring is 1. The SMILES string of the molecule is CC(C)(C)OC(=O)Nc1cccc(Oc2ccc(N)cc2Br)c1. The first kappa shape index (κ1) is 17.1. The zero-order chi connectivity index (χ0) is 17.0. The summed E-state index contributed by atoms with van der Waals surface area (Å²) in [5.41, 5.74) is 6.38. The maximum atomic E-state index is 11.8. The van der Waals surface area contributed by atoms with E-state index in [9.17, 15) is 4.79 Å². The van der Waals surface area contributed by atoms with E-state index < -0.39 is 11.7 Å². The van der Waals surface area contributed by atoms with E-state index in [1.165, 1.54) is 0 Å². The molecule has 0 atom stereocenters. The van der Waals surface area contributed by atoms with E-state index in [2.05, 4.69) is 21.2 Å². The Morgan fingerprint density at radius 1 is 1.17 bits per heavy atom. The molecule has 0 aromatic heterocycles. The molecule has 0 heterocycles. The van der Waals surface area contributed by atoms with Crippen LogP contribution in [-0.2, 0) is 4.74 Å². The smallest absolute Gasteiger partial charge is 0.412 e. The van der Waals surface area contributed by atoms with Crippen LogP contribution >= 0.6 is 15.9 Å². The molecular weight excluding hydrogens is 360 g/mol. The molecular formula is C17H19BrN2O3. The molecule has 2 aromatic rings. The predicted octanol–water partition coefficient (Wildman–Crippen LogP) is 5.17. The van der Waals surface area contributed by atoms with Gasteiger partial charge in [-0.3, -0.25) is 5.32 Å². The molecule has 5 nitrogen and oxygen atoms in total. The lowest BCUT2D eigenvalue weighted by Gasteiger charge is -2.19. The van der Waals surface area contributed by atoms with Crippen LogP contribution in [0.4, 0.5) is 16.2 Å². The van der Waals surface area contributed by atoms with E-state index in [4.69, 9.17) is 15.2 Å². The Balaban J connectivity index is 2.09. The van der Waals surface area contributed by atoms with Gasteiger partial charge in [-0.05, 0) is 67.0 Å². The Kier molecular flexibility index (Phi) is 5.15. The molecule has 1 amide bonds. The Labute approximate surface area is 143 Å². The number of nitrogens with two attached hydrogens (primary N) is 1. The Morgan fingerprint density at radius 2 is 1.91 bits per heavy atom. The van der Waals surface area contributed by atoms with Gasteiger partial charge in [-0.2, -0.15) is 0 Å². The van der Waals surface area contributed by atoms with Gasteiger partial charge in [-0.1, -0.05) is 6.07 Å². The Morgan fingerprint density at radius 3 is 2.57 bits per heavy atom. The number of amides is 1. The molecule has 0 saturated carbocycles. The molecule has 0 saturated heterocycles.